The summed E-state index contributed by atoms with van der Waals surface area (Å²) in [6.45, 7) is 3.71. The molecule has 0 radical (unpaired) electrons. The smallest absolute Gasteiger partial charge is 0.326 e. The lowest BCUT2D eigenvalue weighted by atomic mass is 10.0. The molecule has 1 atom stereocenters. The molecule has 2 N–H and O–H groups in total. The van der Waals surface area contributed by atoms with Crippen LogP contribution in [0.4, 0.5) is 0 Å². The molecule has 8 heteroatoms. The Morgan fingerprint density at radius 1 is 1.35 bits per heavy atom. The van der Waals surface area contributed by atoms with Crippen molar-refractivity contribution in [3.05, 3.63) is 17.0 Å². The minimum absolute atomic E-state index is 0.0818. The van der Waals surface area contributed by atoms with E-state index in [1.54, 1.807) is 0 Å². The number of amides is 1. The van der Waals surface area contributed by atoms with E-state index in [1.807, 2.05) is 13.8 Å². The lowest BCUT2D eigenvalue weighted by Gasteiger charge is -2.15. The number of hydrogen-bond donors (Lipinski definition) is 2. The van der Waals surface area contributed by atoms with Crippen LogP contribution in [0.15, 0.2) is 16.3 Å². The predicted octanol–water partition coefficient (Wildman–Crippen LogP) is 1.38. The number of carbonyl (C=O) groups excluding carboxylic acids is 1. The van der Waals surface area contributed by atoms with Gasteiger partial charge in [0.15, 0.2) is 9.84 Å². The van der Waals surface area contributed by atoms with E-state index in [0.717, 1.165) is 17.6 Å². The van der Waals surface area contributed by atoms with Crippen LogP contribution >= 0.6 is 11.3 Å². The molecule has 0 fully saturated rings. The number of carboxylic acids is 1. The van der Waals surface area contributed by atoms with Crippen LogP contribution in [0.5, 0.6) is 0 Å². The van der Waals surface area contributed by atoms with Gasteiger partial charge in [0.05, 0.1) is 4.88 Å². The number of sulfone groups is 1. The molecular formula is C12H17NO5S2. The SMILES string of the molecule is CC(C)CC(NC(=O)c1ccc(S(C)(=O)=O)s1)C(=O)O. The maximum atomic E-state index is 11.9. The monoisotopic (exact) mass is 319 g/mol. The lowest BCUT2D eigenvalue weighted by Crippen LogP contribution is -2.41. The average molecular weight is 319 g/mol. The lowest BCUT2D eigenvalue weighted by molar-refractivity contribution is -0.139. The second kappa shape index (κ2) is 6.36. The second-order valence-corrected chi connectivity index (χ2v) is 8.21. The maximum Gasteiger partial charge on any atom is 0.326 e. The van der Waals surface area contributed by atoms with Gasteiger partial charge in [-0.05, 0) is 24.5 Å². The number of aliphatic carboxylic acids is 1. The molecule has 6 nitrogen and oxygen atoms in total. The van der Waals surface area contributed by atoms with E-state index in [0.29, 0.717) is 6.42 Å². The van der Waals surface area contributed by atoms with Gasteiger partial charge in [-0.2, -0.15) is 0 Å². The molecule has 112 valence electrons. The first kappa shape index (κ1) is 16.6. The molecule has 0 bridgehead atoms. The first-order valence-electron chi connectivity index (χ1n) is 5.95. The van der Waals surface area contributed by atoms with Crippen molar-refractivity contribution >= 4 is 33.1 Å². The Labute approximate surface area is 121 Å². The Morgan fingerprint density at radius 2 is 1.95 bits per heavy atom. The zero-order chi connectivity index (χ0) is 15.5. The van der Waals surface area contributed by atoms with Gasteiger partial charge in [-0.3, -0.25) is 4.79 Å². The van der Waals surface area contributed by atoms with Gasteiger partial charge in [-0.25, -0.2) is 13.2 Å². The second-order valence-electron chi connectivity index (χ2n) is 4.88. The zero-order valence-corrected chi connectivity index (χ0v) is 13.0. The minimum Gasteiger partial charge on any atom is -0.480 e. The highest BCUT2D eigenvalue weighted by atomic mass is 32.2. The van der Waals surface area contributed by atoms with Crippen LogP contribution in [0, 0.1) is 5.92 Å². The van der Waals surface area contributed by atoms with Crippen molar-refractivity contribution in [3.63, 3.8) is 0 Å². The van der Waals surface area contributed by atoms with Crippen molar-refractivity contribution in [2.24, 2.45) is 5.92 Å². The van der Waals surface area contributed by atoms with E-state index in [1.165, 1.54) is 12.1 Å². The summed E-state index contributed by atoms with van der Waals surface area (Å²) in [6, 6.07) is 1.74. The van der Waals surface area contributed by atoms with Crippen LogP contribution in [-0.2, 0) is 14.6 Å². The molecule has 1 amide bonds. The summed E-state index contributed by atoms with van der Waals surface area (Å²) in [5.74, 6) is -1.56. The average Bonchev–Trinajstić information content (AvgIpc) is 2.75. The summed E-state index contributed by atoms with van der Waals surface area (Å²) in [7, 11) is -3.36. The largest absolute Gasteiger partial charge is 0.480 e. The Kier molecular flexibility index (Phi) is 5.29. The molecule has 1 unspecified atom stereocenters. The van der Waals surface area contributed by atoms with Gasteiger partial charge in [0, 0.05) is 6.26 Å². The van der Waals surface area contributed by atoms with E-state index in [-0.39, 0.29) is 15.0 Å². The standard InChI is InChI=1S/C12H17NO5S2/c1-7(2)6-8(12(15)16)13-11(14)9-4-5-10(19-9)20(3,17)18/h4-5,7-8H,6H2,1-3H3,(H,13,14)(H,15,16). The van der Waals surface area contributed by atoms with E-state index < -0.39 is 27.8 Å². The highest BCUT2D eigenvalue weighted by Gasteiger charge is 2.23. The van der Waals surface area contributed by atoms with Crippen molar-refractivity contribution in [2.45, 2.75) is 30.5 Å². The third-order valence-corrected chi connectivity index (χ3v) is 5.39. The molecule has 1 aromatic rings. The number of thiophene rings is 1. The van der Waals surface area contributed by atoms with Gasteiger partial charge in [-0.1, -0.05) is 13.8 Å². The van der Waals surface area contributed by atoms with Gasteiger partial charge in [-0.15, -0.1) is 11.3 Å². The number of hydrogen-bond acceptors (Lipinski definition) is 5. The fourth-order valence-corrected chi connectivity index (χ4v) is 3.39. The molecular weight excluding hydrogens is 302 g/mol. The molecule has 0 spiro atoms. The Morgan fingerprint density at radius 3 is 2.35 bits per heavy atom. The van der Waals surface area contributed by atoms with Crippen molar-refractivity contribution in [3.8, 4) is 0 Å². The number of carbonyl (C=O) groups is 2. The molecule has 0 saturated heterocycles. The molecule has 1 rings (SSSR count). The van der Waals surface area contributed by atoms with Crippen LogP contribution in [0.25, 0.3) is 0 Å². The molecule has 0 aliphatic heterocycles. The highest BCUT2D eigenvalue weighted by Crippen LogP contribution is 2.21. The predicted molar refractivity (Wildman–Crippen MR) is 75.8 cm³/mol. The zero-order valence-electron chi connectivity index (χ0n) is 11.4. The van der Waals surface area contributed by atoms with Gasteiger partial charge >= 0.3 is 5.97 Å². The Balaban J connectivity index is 2.84. The van der Waals surface area contributed by atoms with Crippen LogP contribution in [-0.4, -0.2) is 37.7 Å². The number of carboxylic acid groups (broad SMARTS) is 1. The van der Waals surface area contributed by atoms with Crippen LogP contribution in [0.2, 0.25) is 0 Å². The maximum absolute atomic E-state index is 11.9. The number of rotatable bonds is 6. The van der Waals surface area contributed by atoms with Crippen molar-refractivity contribution in [1.82, 2.24) is 5.32 Å². The van der Waals surface area contributed by atoms with Gasteiger partial charge in [0.2, 0.25) is 0 Å². The third kappa shape index (κ3) is 4.61. The van der Waals surface area contributed by atoms with Crippen LogP contribution in [0.1, 0.15) is 29.9 Å². The quantitative estimate of drug-likeness (QED) is 0.825. The Hall–Kier alpha value is -1.41. The fourth-order valence-electron chi connectivity index (χ4n) is 1.56. The normalized spacial score (nSPS) is 13.2. The summed E-state index contributed by atoms with van der Waals surface area (Å²) in [5, 5.41) is 11.5. The van der Waals surface area contributed by atoms with E-state index in [9.17, 15) is 18.0 Å². The van der Waals surface area contributed by atoms with Crippen molar-refractivity contribution in [1.29, 1.82) is 0 Å². The van der Waals surface area contributed by atoms with E-state index >= 15 is 0 Å². The molecule has 1 heterocycles. The Bertz CT molecular complexity index is 603. The fraction of sp³-hybridized carbons (Fsp3) is 0.500. The minimum atomic E-state index is -3.36. The molecule has 0 aromatic carbocycles. The van der Waals surface area contributed by atoms with Crippen molar-refractivity contribution in [2.75, 3.05) is 6.26 Å². The van der Waals surface area contributed by atoms with Crippen molar-refractivity contribution < 1.29 is 23.1 Å². The van der Waals surface area contributed by atoms with Crippen LogP contribution < -0.4 is 5.32 Å². The van der Waals surface area contributed by atoms with Gasteiger partial charge < -0.3 is 10.4 Å². The summed E-state index contributed by atoms with van der Waals surface area (Å²) < 4.78 is 22.7. The summed E-state index contributed by atoms with van der Waals surface area (Å²) in [4.78, 5) is 23.2. The topological polar surface area (TPSA) is 101 Å². The highest BCUT2D eigenvalue weighted by molar-refractivity contribution is 7.92. The molecule has 0 saturated carbocycles. The first-order valence-corrected chi connectivity index (χ1v) is 8.65. The summed E-state index contributed by atoms with van der Waals surface area (Å²) in [6.07, 6.45) is 1.37. The van der Waals surface area contributed by atoms with Gasteiger partial charge in [0.25, 0.3) is 5.91 Å². The van der Waals surface area contributed by atoms with Crippen LogP contribution in [0.3, 0.4) is 0 Å². The first-order chi connectivity index (χ1) is 9.11. The molecule has 1 aromatic heterocycles. The summed E-state index contributed by atoms with van der Waals surface area (Å²) >= 11 is 0.828. The van der Waals surface area contributed by atoms with Gasteiger partial charge in [0.1, 0.15) is 10.3 Å². The molecule has 0 aliphatic rings. The third-order valence-electron chi connectivity index (χ3n) is 2.48. The molecule has 0 aliphatic carbocycles. The van der Waals surface area contributed by atoms with E-state index in [4.69, 9.17) is 5.11 Å². The van der Waals surface area contributed by atoms with E-state index in [2.05, 4.69) is 5.32 Å². The molecule has 20 heavy (non-hydrogen) atoms. The summed E-state index contributed by atoms with van der Waals surface area (Å²) in [5.41, 5.74) is 0. The number of nitrogens with one attached hydrogen (secondary N) is 1.